The number of rotatable bonds is 4. The molecular weight excluding hydrogens is 415 g/mol. The van der Waals surface area contributed by atoms with Crippen LogP contribution in [0.25, 0.3) is 0 Å². The second-order valence-electron chi connectivity index (χ2n) is 7.32. The molecule has 0 unspecified atom stereocenters. The Bertz CT molecular complexity index is 1170. The highest BCUT2D eigenvalue weighted by molar-refractivity contribution is 5.94. The van der Waals surface area contributed by atoms with Crippen LogP contribution in [0.15, 0.2) is 54.9 Å². The molecular formula is C22H21FN6O3. The lowest BCUT2D eigenvalue weighted by molar-refractivity contribution is 0.200. The number of fused-ring (bicyclic) bond motifs is 1. The largest absolute Gasteiger partial charge is 0.491 e. The summed E-state index contributed by atoms with van der Waals surface area (Å²) < 4.78 is 20.2. The third-order valence-corrected chi connectivity index (χ3v) is 5.29. The van der Waals surface area contributed by atoms with Gasteiger partial charge in [0.25, 0.3) is 0 Å². The number of nitrogens with zero attached hydrogens (tertiary/aromatic N) is 2. The van der Waals surface area contributed by atoms with Crippen molar-refractivity contribution in [2.75, 3.05) is 11.9 Å². The molecule has 164 valence electrons. The molecule has 2 amide bonds. The van der Waals surface area contributed by atoms with E-state index in [9.17, 15) is 9.18 Å². The molecule has 1 aliphatic heterocycles. The van der Waals surface area contributed by atoms with Gasteiger partial charge in [-0.2, -0.15) is 0 Å². The molecule has 1 aromatic carbocycles. The van der Waals surface area contributed by atoms with Crippen molar-refractivity contribution in [1.82, 2.24) is 20.8 Å². The summed E-state index contributed by atoms with van der Waals surface area (Å²) in [6.45, 7) is 1.98. The molecule has 0 radical (unpaired) electrons. The first kappa shape index (κ1) is 21.2. The topological polar surface area (TPSA) is 132 Å². The van der Waals surface area contributed by atoms with E-state index < -0.39 is 11.6 Å². The highest BCUT2D eigenvalue weighted by Crippen LogP contribution is 2.40. The summed E-state index contributed by atoms with van der Waals surface area (Å²) >= 11 is 0. The minimum absolute atomic E-state index is 0.201. The number of hydroxylamine groups is 1. The first-order chi connectivity index (χ1) is 15.4. The number of ether oxygens (including phenoxy) is 1. The van der Waals surface area contributed by atoms with E-state index in [-0.39, 0.29) is 17.3 Å². The van der Waals surface area contributed by atoms with Crippen molar-refractivity contribution >= 4 is 17.6 Å². The van der Waals surface area contributed by atoms with Crippen LogP contribution >= 0.6 is 0 Å². The van der Waals surface area contributed by atoms with Crippen molar-refractivity contribution in [2.45, 2.75) is 18.9 Å². The molecule has 4 rings (SSSR count). The number of anilines is 1. The molecule has 0 bridgehead atoms. The van der Waals surface area contributed by atoms with Gasteiger partial charge in [-0.05, 0) is 48.4 Å². The number of hydrogen-bond acceptors (Lipinski definition) is 6. The van der Waals surface area contributed by atoms with Gasteiger partial charge >= 0.3 is 6.03 Å². The summed E-state index contributed by atoms with van der Waals surface area (Å²) in [5.74, 6) is -0.139. The van der Waals surface area contributed by atoms with Gasteiger partial charge in [0, 0.05) is 12.6 Å². The maximum absolute atomic E-state index is 14.5. The third kappa shape index (κ3) is 3.95. The van der Waals surface area contributed by atoms with E-state index in [2.05, 4.69) is 20.6 Å². The molecule has 5 N–H and O–H groups in total. The Hall–Kier alpha value is -4.05. The SMILES string of the molecule is Cc1ccc([C@@]2(NC(=O)Nc3ccc(C(=N)NO)nc3)CCOc3cccnc32)cc1F. The quantitative estimate of drug-likeness (QED) is 0.243. The Labute approximate surface area is 183 Å². The van der Waals surface area contributed by atoms with Crippen LogP contribution in [0.4, 0.5) is 14.9 Å². The number of amides is 2. The fourth-order valence-electron chi connectivity index (χ4n) is 3.62. The van der Waals surface area contributed by atoms with E-state index in [1.54, 1.807) is 48.9 Å². The monoisotopic (exact) mass is 436 g/mol. The maximum atomic E-state index is 14.5. The number of urea groups is 1. The number of pyridine rings is 2. The van der Waals surface area contributed by atoms with Gasteiger partial charge in [-0.25, -0.2) is 9.18 Å². The molecule has 0 saturated carbocycles. The first-order valence-corrected chi connectivity index (χ1v) is 9.82. The van der Waals surface area contributed by atoms with Crippen LogP contribution in [0.2, 0.25) is 0 Å². The molecule has 0 aliphatic carbocycles. The second kappa shape index (κ2) is 8.60. The molecule has 0 fully saturated rings. The molecule has 1 atom stereocenters. The van der Waals surface area contributed by atoms with E-state index >= 15 is 0 Å². The average molecular weight is 436 g/mol. The predicted octanol–water partition coefficient (Wildman–Crippen LogP) is 3.08. The number of benzene rings is 1. The Morgan fingerprint density at radius 3 is 2.81 bits per heavy atom. The van der Waals surface area contributed by atoms with Crippen molar-refractivity contribution in [3.8, 4) is 5.75 Å². The number of nitrogens with one attached hydrogen (secondary N) is 4. The van der Waals surface area contributed by atoms with Crippen molar-refractivity contribution in [2.24, 2.45) is 0 Å². The molecule has 3 heterocycles. The van der Waals surface area contributed by atoms with E-state index in [0.29, 0.717) is 41.3 Å². The van der Waals surface area contributed by atoms with Gasteiger partial charge in [0.15, 0.2) is 5.84 Å². The molecule has 10 heteroatoms. The first-order valence-electron chi connectivity index (χ1n) is 9.82. The normalized spacial score (nSPS) is 17.0. The minimum Gasteiger partial charge on any atom is -0.491 e. The zero-order valence-electron chi connectivity index (χ0n) is 17.1. The Morgan fingerprint density at radius 1 is 1.25 bits per heavy atom. The van der Waals surface area contributed by atoms with Crippen LogP contribution in [0.1, 0.15) is 28.9 Å². The van der Waals surface area contributed by atoms with Gasteiger partial charge < -0.3 is 15.4 Å². The van der Waals surface area contributed by atoms with Crippen LogP contribution in [-0.2, 0) is 5.54 Å². The van der Waals surface area contributed by atoms with Crippen molar-refractivity contribution < 1.29 is 19.1 Å². The lowest BCUT2D eigenvalue weighted by Crippen LogP contribution is -2.51. The Morgan fingerprint density at radius 2 is 2.09 bits per heavy atom. The van der Waals surface area contributed by atoms with E-state index in [0.717, 1.165) is 0 Å². The Kier molecular flexibility index (Phi) is 5.69. The predicted molar refractivity (Wildman–Crippen MR) is 114 cm³/mol. The van der Waals surface area contributed by atoms with Gasteiger partial charge in [-0.15, -0.1) is 0 Å². The molecule has 0 spiro atoms. The minimum atomic E-state index is -1.11. The molecule has 3 aromatic rings. The van der Waals surface area contributed by atoms with Gasteiger partial charge in [-0.3, -0.25) is 26.1 Å². The fourth-order valence-corrected chi connectivity index (χ4v) is 3.62. The zero-order chi connectivity index (χ0) is 22.7. The van der Waals surface area contributed by atoms with Crippen molar-refractivity contribution in [3.05, 3.63) is 83.2 Å². The summed E-state index contributed by atoms with van der Waals surface area (Å²) in [5.41, 5.74) is 2.71. The number of halogens is 1. The second-order valence-corrected chi connectivity index (χ2v) is 7.32. The molecule has 1 aliphatic rings. The number of hydrogen-bond donors (Lipinski definition) is 5. The molecule has 2 aromatic heterocycles. The van der Waals surface area contributed by atoms with Crippen LogP contribution in [-0.4, -0.2) is 33.6 Å². The summed E-state index contributed by atoms with van der Waals surface area (Å²) in [4.78, 5) is 21.4. The van der Waals surface area contributed by atoms with Crippen LogP contribution in [0.5, 0.6) is 5.75 Å². The van der Waals surface area contributed by atoms with Gasteiger partial charge in [0.05, 0.1) is 18.5 Å². The lowest BCUT2D eigenvalue weighted by Gasteiger charge is -2.39. The zero-order valence-corrected chi connectivity index (χ0v) is 17.1. The number of carbonyl (C=O) groups is 1. The number of aryl methyl sites for hydroxylation is 1. The Balaban J connectivity index is 1.67. The summed E-state index contributed by atoms with van der Waals surface area (Å²) in [7, 11) is 0. The van der Waals surface area contributed by atoms with Crippen LogP contribution in [0, 0.1) is 18.2 Å². The van der Waals surface area contributed by atoms with Crippen molar-refractivity contribution in [1.29, 1.82) is 5.41 Å². The van der Waals surface area contributed by atoms with E-state index in [1.165, 1.54) is 18.3 Å². The van der Waals surface area contributed by atoms with Crippen LogP contribution < -0.4 is 20.9 Å². The summed E-state index contributed by atoms with van der Waals surface area (Å²) in [5, 5.41) is 22.0. The molecule has 32 heavy (non-hydrogen) atoms. The average Bonchev–Trinajstić information content (AvgIpc) is 2.81. The summed E-state index contributed by atoms with van der Waals surface area (Å²) in [6.07, 6.45) is 3.30. The fraction of sp³-hybridized carbons (Fsp3) is 0.182. The molecule has 0 saturated heterocycles. The van der Waals surface area contributed by atoms with E-state index in [1.807, 2.05) is 0 Å². The van der Waals surface area contributed by atoms with E-state index in [4.69, 9.17) is 15.4 Å². The standard InChI is InChI=1S/C22H21FN6O3/c1-13-4-5-14(11-16(13)23)22(8-10-32-18-3-2-9-25-19(18)22)28-21(30)27-15-6-7-17(26-12-15)20(24)29-31/h2-7,9,11-12,31H,8,10H2,1H3,(H2,24,29)(H2,27,28,30)/t22-/m0/s1. The van der Waals surface area contributed by atoms with Crippen LogP contribution in [0.3, 0.4) is 0 Å². The lowest BCUT2D eigenvalue weighted by atomic mass is 9.81. The van der Waals surface area contributed by atoms with Gasteiger partial charge in [-0.1, -0.05) is 12.1 Å². The number of aromatic nitrogens is 2. The van der Waals surface area contributed by atoms with Crippen molar-refractivity contribution in [3.63, 3.8) is 0 Å². The smallest absolute Gasteiger partial charge is 0.320 e. The number of amidine groups is 1. The van der Waals surface area contributed by atoms with Gasteiger partial charge in [0.2, 0.25) is 0 Å². The maximum Gasteiger partial charge on any atom is 0.320 e. The molecule has 9 nitrogen and oxygen atoms in total. The highest BCUT2D eigenvalue weighted by atomic mass is 19.1. The summed E-state index contributed by atoms with van der Waals surface area (Å²) in [6, 6.07) is 10.8. The number of carbonyl (C=O) groups excluding carboxylic acids is 1. The third-order valence-electron chi connectivity index (χ3n) is 5.29. The van der Waals surface area contributed by atoms with Gasteiger partial charge in [0.1, 0.15) is 28.5 Å². The highest BCUT2D eigenvalue weighted by Gasteiger charge is 2.42.